The Bertz CT molecular complexity index is 460. The number of carbonyl (C=O) groups excluding carboxylic acids is 1. The van der Waals surface area contributed by atoms with E-state index < -0.39 is 29.4 Å². The van der Waals surface area contributed by atoms with E-state index in [1.165, 1.54) is 0 Å². The van der Waals surface area contributed by atoms with Crippen LogP contribution in [0.15, 0.2) is 18.2 Å². The summed E-state index contributed by atoms with van der Waals surface area (Å²) in [6.45, 7) is 0.979. The molecule has 0 heterocycles. The molecule has 0 saturated carbocycles. The summed E-state index contributed by atoms with van der Waals surface area (Å²) in [5, 5.41) is 28.2. The number of Topliss-reactive ketones (excluding diaryl/α,β-unsaturated/α-hetero) is 1. The zero-order chi connectivity index (χ0) is 13.4. The minimum atomic E-state index is -2.73. The zero-order valence-electron chi connectivity index (χ0n) is 10.1. The third kappa shape index (κ3) is 2.45. The Morgan fingerprint density at radius 2 is 2.07 bits per heavy atom. The number of hydrogen-bond acceptors (Lipinski definition) is 5. The number of nitrogens with two attached hydrogens (primary N) is 1. The largest absolute Gasteiger partial charge is 0.504 e. The fourth-order valence-electron chi connectivity index (χ4n) is 0.993. The summed E-state index contributed by atoms with van der Waals surface area (Å²) in [6, 6.07) is 0.430. The van der Waals surface area contributed by atoms with Crippen molar-refractivity contribution in [3.05, 3.63) is 23.8 Å². The standard InChI is InChI=1S/C10H13NO4/c1-5(12)9(11)10(15)6-2-3-7(13)8(14)4-6/h2-4,9-10,13-15H,11H2,1H3/i9D,10D. The van der Waals surface area contributed by atoms with Crippen LogP contribution in [0, 0.1) is 0 Å². The number of rotatable bonds is 3. The number of phenols is 2. The molecule has 5 heteroatoms. The van der Waals surface area contributed by atoms with Crippen LogP contribution in [0.25, 0.3) is 0 Å². The van der Waals surface area contributed by atoms with Gasteiger partial charge >= 0.3 is 0 Å². The van der Waals surface area contributed by atoms with Crippen LogP contribution in [0.5, 0.6) is 11.5 Å². The quantitative estimate of drug-likeness (QED) is 0.531. The molecule has 1 rings (SSSR count). The van der Waals surface area contributed by atoms with Crippen LogP contribution in [-0.4, -0.2) is 27.1 Å². The first-order chi connectivity index (χ1) is 7.60. The smallest absolute Gasteiger partial charge is 0.157 e. The maximum atomic E-state index is 11.1. The van der Waals surface area contributed by atoms with Crippen molar-refractivity contribution >= 4 is 5.78 Å². The number of phenolic OH excluding ortho intramolecular Hbond substituents is 2. The second-order valence-electron chi connectivity index (χ2n) is 3.02. The van der Waals surface area contributed by atoms with Gasteiger partial charge in [0.2, 0.25) is 0 Å². The lowest BCUT2D eigenvalue weighted by Gasteiger charge is -2.16. The number of ketones is 1. The average Bonchev–Trinajstić information content (AvgIpc) is 2.21. The van der Waals surface area contributed by atoms with Gasteiger partial charge in [-0.25, -0.2) is 0 Å². The highest BCUT2D eigenvalue weighted by Gasteiger charge is 2.21. The van der Waals surface area contributed by atoms with E-state index in [-0.39, 0.29) is 5.56 Å². The van der Waals surface area contributed by atoms with E-state index in [1.54, 1.807) is 0 Å². The molecule has 82 valence electrons. The van der Waals surface area contributed by atoms with Crippen molar-refractivity contribution in [1.82, 2.24) is 0 Å². The first-order valence-corrected chi connectivity index (χ1v) is 4.15. The van der Waals surface area contributed by atoms with Gasteiger partial charge in [-0.2, -0.15) is 0 Å². The van der Waals surface area contributed by atoms with Gasteiger partial charge in [0.25, 0.3) is 0 Å². The molecule has 2 atom stereocenters. The van der Waals surface area contributed by atoms with Crippen molar-refractivity contribution in [2.75, 3.05) is 0 Å². The summed E-state index contributed by atoms with van der Waals surface area (Å²) in [5.74, 6) is -1.92. The van der Waals surface area contributed by atoms with E-state index >= 15 is 0 Å². The molecule has 5 N–H and O–H groups in total. The summed E-state index contributed by atoms with van der Waals surface area (Å²) >= 11 is 0. The SMILES string of the molecule is [2H]C(N)(C(C)=O)C([2H])(O)c1ccc(O)c(O)c1. The van der Waals surface area contributed by atoms with E-state index in [9.17, 15) is 15.0 Å². The van der Waals surface area contributed by atoms with Crippen molar-refractivity contribution in [3.63, 3.8) is 0 Å². The summed E-state index contributed by atoms with van der Waals surface area (Å²) < 4.78 is 15.1. The van der Waals surface area contributed by atoms with Gasteiger partial charge in [0.15, 0.2) is 11.5 Å². The minimum Gasteiger partial charge on any atom is -0.504 e. The molecule has 5 nitrogen and oxygen atoms in total. The molecule has 0 aliphatic heterocycles. The van der Waals surface area contributed by atoms with Crippen molar-refractivity contribution < 1.29 is 22.9 Å². The number of aliphatic hydroxyl groups is 1. The summed E-state index contributed by atoms with van der Waals surface area (Å²) in [4.78, 5) is 11.1. The molecular weight excluding hydrogens is 198 g/mol. The maximum Gasteiger partial charge on any atom is 0.157 e. The number of benzene rings is 1. The van der Waals surface area contributed by atoms with Crippen LogP contribution < -0.4 is 5.73 Å². The summed E-state index contributed by atoms with van der Waals surface area (Å²) in [5.41, 5.74) is 5.03. The van der Waals surface area contributed by atoms with Crippen molar-refractivity contribution in [2.45, 2.75) is 19.0 Å². The van der Waals surface area contributed by atoms with Crippen molar-refractivity contribution in [2.24, 2.45) is 5.73 Å². The summed E-state index contributed by atoms with van der Waals surface area (Å²) in [7, 11) is 0. The molecule has 0 aromatic heterocycles. The van der Waals surface area contributed by atoms with Crippen LogP contribution in [0.4, 0.5) is 0 Å². The van der Waals surface area contributed by atoms with Crippen LogP contribution in [0.1, 0.15) is 21.3 Å². The van der Waals surface area contributed by atoms with Crippen LogP contribution in [0.2, 0.25) is 0 Å². The Kier molecular flexibility index (Phi) is 2.49. The van der Waals surface area contributed by atoms with Crippen molar-refractivity contribution in [3.8, 4) is 11.5 Å². The Labute approximate surface area is 89.6 Å². The molecule has 0 aliphatic rings. The van der Waals surface area contributed by atoms with E-state index in [1.807, 2.05) is 0 Å². The van der Waals surface area contributed by atoms with Gasteiger partial charge < -0.3 is 21.1 Å². The highest BCUT2D eigenvalue weighted by atomic mass is 16.3. The first kappa shape index (κ1) is 8.70. The lowest BCUT2D eigenvalue weighted by molar-refractivity contribution is -0.120. The molecule has 2 unspecified atom stereocenters. The zero-order valence-corrected chi connectivity index (χ0v) is 8.06. The van der Waals surface area contributed by atoms with Gasteiger partial charge in [-0.3, -0.25) is 4.79 Å². The maximum absolute atomic E-state index is 11.1. The molecule has 0 saturated heterocycles. The fourth-order valence-corrected chi connectivity index (χ4v) is 0.993. The van der Waals surface area contributed by atoms with Gasteiger partial charge in [-0.05, 0) is 24.6 Å². The van der Waals surface area contributed by atoms with Gasteiger partial charge in [-0.1, -0.05) is 6.07 Å². The van der Waals surface area contributed by atoms with Crippen LogP contribution in [-0.2, 0) is 4.79 Å². The van der Waals surface area contributed by atoms with E-state index in [0.717, 1.165) is 25.1 Å². The molecule has 1 aromatic carbocycles. The minimum absolute atomic E-state index is 0.263. The van der Waals surface area contributed by atoms with Gasteiger partial charge in [-0.15, -0.1) is 0 Å². The molecule has 0 aliphatic carbocycles. The highest BCUT2D eigenvalue weighted by molar-refractivity contribution is 5.82. The van der Waals surface area contributed by atoms with Crippen LogP contribution in [0.3, 0.4) is 0 Å². The van der Waals surface area contributed by atoms with E-state index in [4.69, 9.17) is 13.6 Å². The third-order valence-corrected chi connectivity index (χ3v) is 1.88. The molecule has 15 heavy (non-hydrogen) atoms. The predicted octanol–water partition coefficient (Wildman–Crippen LogP) is 0.0475. The number of hydrogen-bond donors (Lipinski definition) is 4. The second kappa shape index (κ2) is 4.29. The van der Waals surface area contributed by atoms with E-state index in [0.29, 0.717) is 0 Å². The van der Waals surface area contributed by atoms with Gasteiger partial charge in [0.1, 0.15) is 11.9 Å². The molecule has 0 radical (unpaired) electrons. The Morgan fingerprint density at radius 1 is 1.47 bits per heavy atom. The van der Waals surface area contributed by atoms with Gasteiger partial charge in [0.05, 0.1) is 8.76 Å². The molecule has 0 amide bonds. The number of aromatic hydroxyl groups is 2. The predicted molar refractivity (Wildman–Crippen MR) is 53.4 cm³/mol. The molecule has 1 aromatic rings. The Hall–Kier alpha value is -1.59. The first-order valence-electron chi connectivity index (χ1n) is 5.15. The van der Waals surface area contributed by atoms with Crippen LogP contribution >= 0.6 is 0 Å². The lowest BCUT2D eigenvalue weighted by Crippen LogP contribution is -2.35. The third-order valence-electron chi connectivity index (χ3n) is 1.88. The average molecular weight is 213 g/mol. The Balaban J connectivity index is 3.30. The number of carbonyl (C=O) groups is 1. The highest BCUT2D eigenvalue weighted by Crippen LogP contribution is 2.28. The normalized spacial score (nSPS) is 20.7. The monoisotopic (exact) mass is 213 g/mol. The molecule has 0 fully saturated rings. The molecular formula is C10H13NO4. The van der Waals surface area contributed by atoms with Crippen molar-refractivity contribution in [1.29, 1.82) is 0 Å². The summed E-state index contributed by atoms with van der Waals surface area (Å²) in [6.07, 6.45) is -2.73. The lowest BCUT2D eigenvalue weighted by atomic mass is 10.00. The van der Waals surface area contributed by atoms with E-state index in [2.05, 4.69) is 0 Å². The molecule has 0 spiro atoms. The fraction of sp³-hybridized carbons (Fsp3) is 0.300. The second-order valence-corrected chi connectivity index (χ2v) is 3.02. The van der Waals surface area contributed by atoms with Gasteiger partial charge in [0, 0.05) is 0 Å². The molecule has 0 bridgehead atoms. The topological polar surface area (TPSA) is 104 Å². The Morgan fingerprint density at radius 3 is 2.53 bits per heavy atom.